The number of carbonyl (C=O) groups is 1. The van der Waals surface area contributed by atoms with Gasteiger partial charge in [0.05, 0.1) is 24.5 Å². The van der Waals surface area contributed by atoms with Crippen LogP contribution in [-0.4, -0.2) is 66.0 Å². The van der Waals surface area contributed by atoms with Crippen molar-refractivity contribution in [2.24, 2.45) is 0 Å². The van der Waals surface area contributed by atoms with E-state index in [1.807, 2.05) is 4.90 Å². The number of carbonyl (C=O) groups excluding carboxylic acids is 1. The zero-order valence-electron chi connectivity index (χ0n) is 18.9. The van der Waals surface area contributed by atoms with Gasteiger partial charge < -0.3 is 10.1 Å². The van der Waals surface area contributed by atoms with Crippen LogP contribution in [0.5, 0.6) is 5.88 Å². The highest BCUT2D eigenvalue weighted by atomic mass is 32.2. The molecule has 10 nitrogen and oxygen atoms in total. The standard InChI is InChI=1S/C22H27FN6O4S/c1-12-5-6-16-19(12)25-17-4-2-3-15(17)20(16)26-22(30)27-34(31,32)18-7-24-29-10-14(11-33-21(18)29)28-8-13(23)9-28/h7,12-14H,2-6,8-11H2,1H3,(H2,25,26,27,30). The lowest BCUT2D eigenvalue weighted by Gasteiger charge is -2.41. The van der Waals surface area contributed by atoms with Gasteiger partial charge in [0.2, 0.25) is 5.88 Å². The molecule has 182 valence electrons. The van der Waals surface area contributed by atoms with Crippen molar-refractivity contribution in [1.82, 2.24) is 24.4 Å². The lowest BCUT2D eigenvalue weighted by atomic mass is 10.0. The van der Waals surface area contributed by atoms with Crippen LogP contribution in [0.15, 0.2) is 11.1 Å². The van der Waals surface area contributed by atoms with Crippen molar-refractivity contribution in [3.63, 3.8) is 0 Å². The molecule has 2 unspecified atom stereocenters. The normalized spacial score (nSPS) is 24.1. The van der Waals surface area contributed by atoms with Crippen LogP contribution in [-0.2, 0) is 35.8 Å². The molecule has 2 atom stereocenters. The molecule has 2 amide bonds. The van der Waals surface area contributed by atoms with Crippen LogP contribution in [0.3, 0.4) is 0 Å². The van der Waals surface area contributed by atoms with E-state index in [2.05, 4.69) is 22.1 Å². The van der Waals surface area contributed by atoms with E-state index in [-0.39, 0.29) is 23.4 Å². The van der Waals surface area contributed by atoms with Gasteiger partial charge in [-0.15, -0.1) is 0 Å². The predicted octanol–water partition coefficient (Wildman–Crippen LogP) is 1.74. The monoisotopic (exact) mass is 490 g/mol. The Morgan fingerprint density at radius 2 is 2.03 bits per heavy atom. The summed E-state index contributed by atoms with van der Waals surface area (Å²) in [5, 5.41) is 6.96. The molecule has 0 bridgehead atoms. The van der Waals surface area contributed by atoms with Gasteiger partial charge in [-0.25, -0.2) is 27.0 Å². The third-order valence-electron chi connectivity index (χ3n) is 7.34. The number of rotatable bonds is 4. The van der Waals surface area contributed by atoms with E-state index in [4.69, 9.17) is 9.72 Å². The first kappa shape index (κ1) is 21.8. The lowest BCUT2D eigenvalue weighted by molar-refractivity contribution is -0.0114. The van der Waals surface area contributed by atoms with Crippen LogP contribution in [0.2, 0.25) is 0 Å². The molecular formula is C22H27FN6O4S. The van der Waals surface area contributed by atoms with Gasteiger partial charge in [-0.1, -0.05) is 6.92 Å². The fraction of sp³-hybridized carbons (Fsp3) is 0.591. The number of nitrogens with one attached hydrogen (secondary N) is 2. The molecule has 2 aliphatic carbocycles. The molecule has 2 aromatic rings. The molecule has 2 N–H and O–H groups in total. The van der Waals surface area contributed by atoms with Gasteiger partial charge in [0.15, 0.2) is 4.90 Å². The number of halogens is 1. The summed E-state index contributed by atoms with van der Waals surface area (Å²) in [5.41, 5.74) is 4.75. The highest BCUT2D eigenvalue weighted by Crippen LogP contribution is 2.41. The first-order valence-corrected chi connectivity index (χ1v) is 13.2. The van der Waals surface area contributed by atoms with Crippen LogP contribution >= 0.6 is 0 Å². The zero-order chi connectivity index (χ0) is 23.6. The molecule has 0 radical (unpaired) electrons. The number of amides is 2. The highest BCUT2D eigenvalue weighted by molar-refractivity contribution is 7.90. The molecule has 0 spiro atoms. The number of nitrogens with zero attached hydrogens (tertiary/aromatic N) is 4. The van der Waals surface area contributed by atoms with Gasteiger partial charge in [-0.3, -0.25) is 9.88 Å². The second-order valence-electron chi connectivity index (χ2n) is 9.64. The number of likely N-dealkylation sites (tertiary alicyclic amines) is 1. The summed E-state index contributed by atoms with van der Waals surface area (Å²) in [7, 11) is -4.21. The Kier molecular flexibility index (Phi) is 5.07. The summed E-state index contributed by atoms with van der Waals surface area (Å²) in [6.45, 7) is 3.45. The molecule has 1 fully saturated rings. The zero-order valence-corrected chi connectivity index (χ0v) is 19.7. The second-order valence-corrected chi connectivity index (χ2v) is 11.3. The molecule has 0 aromatic carbocycles. The van der Waals surface area contributed by atoms with Crippen molar-refractivity contribution >= 4 is 21.7 Å². The van der Waals surface area contributed by atoms with Crippen molar-refractivity contribution in [2.75, 3.05) is 25.0 Å². The van der Waals surface area contributed by atoms with Crippen molar-refractivity contribution in [1.29, 1.82) is 0 Å². The van der Waals surface area contributed by atoms with E-state index < -0.39 is 22.2 Å². The molecule has 4 aliphatic rings. The number of sulfonamides is 1. The number of alkyl halides is 1. The molecule has 4 heterocycles. The summed E-state index contributed by atoms with van der Waals surface area (Å²) in [4.78, 5) is 19.5. The first-order valence-electron chi connectivity index (χ1n) is 11.7. The Morgan fingerprint density at radius 3 is 2.82 bits per heavy atom. The lowest BCUT2D eigenvalue weighted by Crippen LogP contribution is -2.57. The number of ether oxygens (including phenoxy) is 1. The van der Waals surface area contributed by atoms with Gasteiger partial charge >= 0.3 is 6.03 Å². The minimum atomic E-state index is -4.21. The molecule has 0 saturated carbocycles. The smallest absolute Gasteiger partial charge is 0.333 e. The van der Waals surface area contributed by atoms with E-state index in [0.29, 0.717) is 31.2 Å². The number of pyridine rings is 1. The fourth-order valence-electron chi connectivity index (χ4n) is 5.49. The van der Waals surface area contributed by atoms with Crippen molar-refractivity contribution < 1.29 is 22.3 Å². The average molecular weight is 491 g/mol. The molecule has 34 heavy (non-hydrogen) atoms. The van der Waals surface area contributed by atoms with Crippen LogP contribution in [0, 0.1) is 0 Å². The molecular weight excluding hydrogens is 463 g/mol. The number of anilines is 1. The van der Waals surface area contributed by atoms with E-state index in [1.165, 1.54) is 10.9 Å². The minimum absolute atomic E-state index is 0.0653. The molecule has 2 aromatic heterocycles. The number of urea groups is 1. The number of aromatic nitrogens is 3. The predicted molar refractivity (Wildman–Crippen MR) is 120 cm³/mol. The first-order chi connectivity index (χ1) is 16.3. The van der Waals surface area contributed by atoms with E-state index in [1.54, 1.807) is 0 Å². The van der Waals surface area contributed by atoms with Gasteiger partial charge in [-0.2, -0.15) is 5.10 Å². The van der Waals surface area contributed by atoms with Crippen LogP contribution in [0.25, 0.3) is 0 Å². The number of hydrogen-bond acceptors (Lipinski definition) is 7. The summed E-state index contributed by atoms with van der Waals surface area (Å²) in [5.74, 6) is 0.411. The van der Waals surface area contributed by atoms with Gasteiger partial charge in [0, 0.05) is 24.5 Å². The maximum atomic E-state index is 13.2. The summed E-state index contributed by atoms with van der Waals surface area (Å²) < 4.78 is 48.5. The molecule has 12 heteroatoms. The second kappa shape index (κ2) is 7.91. The Bertz CT molecular complexity index is 1270. The maximum Gasteiger partial charge on any atom is 0.333 e. The summed E-state index contributed by atoms with van der Waals surface area (Å²) in [6, 6.07) is -0.880. The summed E-state index contributed by atoms with van der Waals surface area (Å²) >= 11 is 0. The minimum Gasteiger partial charge on any atom is -0.475 e. The van der Waals surface area contributed by atoms with E-state index in [9.17, 15) is 17.6 Å². The van der Waals surface area contributed by atoms with Crippen molar-refractivity contribution in [3.05, 3.63) is 28.7 Å². The molecule has 6 rings (SSSR count). The number of hydrogen-bond donors (Lipinski definition) is 2. The van der Waals surface area contributed by atoms with Gasteiger partial charge in [0.25, 0.3) is 10.0 Å². The average Bonchev–Trinajstić information content (AvgIpc) is 3.49. The number of fused-ring (bicyclic) bond motifs is 3. The number of aryl methyl sites for hydroxylation is 1. The highest BCUT2D eigenvalue weighted by Gasteiger charge is 2.38. The Morgan fingerprint density at radius 1 is 1.21 bits per heavy atom. The Balaban J connectivity index is 1.20. The maximum absolute atomic E-state index is 13.2. The van der Waals surface area contributed by atoms with Crippen LogP contribution < -0.4 is 14.8 Å². The van der Waals surface area contributed by atoms with E-state index >= 15 is 0 Å². The molecule has 2 aliphatic heterocycles. The van der Waals surface area contributed by atoms with Crippen LogP contribution in [0.4, 0.5) is 14.9 Å². The van der Waals surface area contributed by atoms with Crippen LogP contribution in [0.1, 0.15) is 48.2 Å². The van der Waals surface area contributed by atoms with Gasteiger partial charge in [0.1, 0.15) is 12.8 Å². The summed E-state index contributed by atoms with van der Waals surface area (Å²) in [6.07, 6.45) is 4.79. The van der Waals surface area contributed by atoms with Crippen molar-refractivity contribution in [3.8, 4) is 5.88 Å². The van der Waals surface area contributed by atoms with Crippen molar-refractivity contribution in [2.45, 2.75) is 68.6 Å². The Hall–Kier alpha value is -2.73. The third-order valence-corrected chi connectivity index (χ3v) is 8.66. The van der Waals surface area contributed by atoms with Gasteiger partial charge in [-0.05, 0) is 49.1 Å². The molecule has 1 saturated heterocycles. The Labute approximate surface area is 196 Å². The van der Waals surface area contributed by atoms with E-state index in [0.717, 1.165) is 54.6 Å². The quantitative estimate of drug-likeness (QED) is 0.670. The topological polar surface area (TPSA) is 118 Å². The SMILES string of the molecule is CC1CCc2c1nc1c(c2NC(=O)NS(=O)(=O)c2cnn3c2OCC(N2CC(F)C2)C3)CCC1. The fourth-order valence-corrected chi connectivity index (χ4v) is 6.47. The largest absolute Gasteiger partial charge is 0.475 e. The third kappa shape index (κ3) is 3.54.